The van der Waals surface area contributed by atoms with Gasteiger partial charge in [0.1, 0.15) is 26.2 Å². The topological polar surface area (TPSA) is 363 Å². The second-order valence-electron chi connectivity index (χ2n) is 26.0. The Morgan fingerprint density at radius 1 is 0.540 bits per heavy atom. The molecule has 2 atom stereocenters. The van der Waals surface area contributed by atoms with E-state index in [9.17, 15) is 112 Å². The number of halogens is 19. The lowest BCUT2D eigenvalue weighted by Crippen LogP contribution is -2.98. The van der Waals surface area contributed by atoms with E-state index in [-0.39, 0.29) is 45.8 Å². The summed E-state index contributed by atoms with van der Waals surface area (Å²) in [5.41, 5.74) is -0.423. The van der Waals surface area contributed by atoms with Crippen molar-refractivity contribution in [3.63, 3.8) is 0 Å². The van der Waals surface area contributed by atoms with Crippen molar-refractivity contribution in [3.05, 3.63) is 145 Å². The highest BCUT2D eigenvalue weighted by Crippen LogP contribution is 2.38. The van der Waals surface area contributed by atoms with E-state index in [1.807, 2.05) is 163 Å². The maximum Gasteiger partial charge on any atom is 0.426 e. The van der Waals surface area contributed by atoms with Gasteiger partial charge in [-0.15, -0.1) is 6.42 Å². The SMILES string of the molecule is C#CC1(OC(=O)C(=C)C)CCC(C)CC1.C=C(C)C(=O)OC(C)(C)C1CC[NH2+]CC1.C=C(C)C(=O)OC(C)(C)C1C[NH2+]C1.O=C(OC(CS(=O)(=O)[O-])C(F)(F)F)c1cc(I)cc(I)c1I.O=C(OC(CS(=O)(=O)[O-])C(F)(F)F)c1cc(I)cc(I)c1I.O=C(Oc1c(F)c(F)c(S(=O)(=O)[O-])c(F)c1F)c1cc(I)cc(I)c1I. The Balaban J connectivity index is 0.000000467. The van der Waals surface area contributed by atoms with Crippen LogP contribution in [0, 0.1) is 85.5 Å². The molecule has 4 aromatic rings. The smallest absolute Gasteiger partial charge is 0.426 e. The molecule has 7 rings (SSSR count). The van der Waals surface area contributed by atoms with Gasteiger partial charge in [0.25, 0.3) is 0 Å². The van der Waals surface area contributed by atoms with Crippen molar-refractivity contribution in [1.82, 2.24) is 0 Å². The van der Waals surface area contributed by atoms with E-state index in [0.29, 0.717) is 66.6 Å². The number of ether oxygens (including phenoxy) is 6. The summed E-state index contributed by atoms with van der Waals surface area (Å²) < 4.78 is 261. The number of nitrogens with two attached hydrogens (primary N) is 2. The molecule has 2 unspecified atom stereocenters. The maximum absolute atomic E-state index is 13.9. The molecule has 1 aliphatic carbocycles. The van der Waals surface area contributed by atoms with Crippen molar-refractivity contribution in [2.24, 2.45) is 17.8 Å². The second kappa shape index (κ2) is 45.8. The molecule has 4 N–H and O–H groups in total. The molecule has 0 amide bonds. The molecule has 23 nitrogen and oxygen atoms in total. The van der Waals surface area contributed by atoms with Crippen LogP contribution in [0.5, 0.6) is 5.75 Å². The molecule has 3 fully saturated rings. The minimum absolute atomic E-state index is 0.130. The number of benzene rings is 4. The summed E-state index contributed by atoms with van der Waals surface area (Å²) in [6.45, 7) is 30.2. The number of esters is 6. The highest BCUT2D eigenvalue weighted by atomic mass is 127. The van der Waals surface area contributed by atoms with Gasteiger partial charge in [-0.3, -0.25) is 0 Å². The quantitative estimate of drug-likeness (QED) is 0.0101. The molecule has 113 heavy (non-hydrogen) atoms. The predicted molar refractivity (Wildman–Crippen MR) is 462 cm³/mol. The summed E-state index contributed by atoms with van der Waals surface area (Å²) in [7, 11) is -16.3. The Morgan fingerprint density at radius 3 is 1.15 bits per heavy atom. The summed E-state index contributed by atoms with van der Waals surface area (Å²) in [4.78, 5) is 67.8. The third-order valence-corrected chi connectivity index (χ3v) is 29.2. The first-order chi connectivity index (χ1) is 51.3. The largest absolute Gasteiger partial charge is 0.748 e. The summed E-state index contributed by atoms with van der Waals surface area (Å²) in [6.07, 6.45) is -5.03. The lowest BCUT2D eigenvalue weighted by atomic mass is 9.80. The first kappa shape index (κ1) is 107. The highest BCUT2D eigenvalue weighted by Gasteiger charge is 2.47. The van der Waals surface area contributed by atoms with Gasteiger partial charge >= 0.3 is 48.2 Å². The van der Waals surface area contributed by atoms with Gasteiger partial charge in [0.05, 0.1) is 80.5 Å². The van der Waals surface area contributed by atoms with Crippen molar-refractivity contribution in [2.75, 3.05) is 37.7 Å². The van der Waals surface area contributed by atoms with Crippen LogP contribution in [0.25, 0.3) is 0 Å². The molecule has 0 spiro atoms. The fourth-order valence-corrected chi connectivity index (χ4v) is 18.4. The number of piperidine rings is 1. The molecule has 2 aliphatic heterocycles. The van der Waals surface area contributed by atoms with E-state index in [0.717, 1.165) is 64.7 Å². The van der Waals surface area contributed by atoms with Gasteiger partial charge in [-0.2, -0.15) is 35.1 Å². The van der Waals surface area contributed by atoms with Crippen LogP contribution in [-0.4, -0.2) is 154 Å². The van der Waals surface area contributed by atoms with Crippen molar-refractivity contribution in [2.45, 2.75) is 140 Å². The number of carbonyl (C=O) groups excluding carboxylic acids is 6. The van der Waals surface area contributed by atoms with Crippen LogP contribution < -0.4 is 15.4 Å². The van der Waals surface area contributed by atoms with Gasteiger partial charge in [-0.05, 0) is 320 Å². The van der Waals surface area contributed by atoms with Crippen LogP contribution in [0.3, 0.4) is 0 Å². The first-order valence-electron chi connectivity index (χ1n) is 32.0. The van der Waals surface area contributed by atoms with Gasteiger partial charge in [0, 0.05) is 67.6 Å². The third-order valence-electron chi connectivity index (χ3n) is 15.9. The number of hydrogen-bond donors (Lipinski definition) is 2. The molecule has 3 aliphatic rings. The lowest BCUT2D eigenvalue weighted by Gasteiger charge is -2.37. The fraction of sp³-hybridized carbons (Fsp3) is 0.441. The zero-order chi connectivity index (χ0) is 87.6. The molecule has 0 aromatic heterocycles. The third kappa shape index (κ3) is 35.5. The zero-order valence-electron chi connectivity index (χ0n) is 60.2. The van der Waals surface area contributed by atoms with Crippen LogP contribution in [0.4, 0.5) is 43.9 Å². The van der Waals surface area contributed by atoms with E-state index in [1.54, 1.807) is 107 Å². The second-order valence-corrected chi connectivity index (χ2v) is 40.6. The molecule has 2 saturated heterocycles. The van der Waals surface area contributed by atoms with Crippen molar-refractivity contribution in [3.8, 4) is 18.1 Å². The Hall–Kier alpha value is -2.00. The van der Waals surface area contributed by atoms with Crippen molar-refractivity contribution >= 4 is 269 Å². The van der Waals surface area contributed by atoms with Gasteiger partial charge in [0.2, 0.25) is 29.6 Å². The molecule has 1 saturated carbocycles. The number of terminal acetylenes is 1. The molecule has 45 heteroatoms. The van der Waals surface area contributed by atoms with E-state index >= 15 is 0 Å². The average molecular weight is 2680 g/mol. The average Bonchev–Trinajstić information content (AvgIpc) is 0.763. The molecule has 2 heterocycles. The standard InChI is InChI=1S/C13H3F4I3O5S.C13H18O2.C12H21NO2.2C10H6F3I3O5S.C10H17NO2/c14-6-8(16)12(26(22,23)24)9(17)7(15)11(6)25-13(21)4-1-3(18)2-5(19)10(4)20;1-5-13(15-12(14)10(2)3)8-6-11(4)7-9-13;1-9(2)11(14)15-12(3,4)10-5-7-13-8-6-10;2*11-10(12,13)7(3-22(18,19)20)21-9(17)5-1-4(14)2-6(15)8(5)16;1-7(2)9(12)13-10(3,4)8-5-11-6-8/h1-2H,(H,22,23,24);1,11H,2,6-9H2,3-4H3;10,13H,1,5-8H2,2-4H3;2*1-2,7H,3H2,(H,18,19,20);8,11H,1,5-6H2,2-4H3/p-1. The molecule has 0 bridgehead atoms. The molecular formula is C68H70F10I9N2O21S3-. The number of alkyl halides is 6. The molecule has 630 valence electrons. The Labute approximate surface area is 768 Å². The summed E-state index contributed by atoms with van der Waals surface area (Å²) in [5.74, 6) is -15.8. The van der Waals surface area contributed by atoms with Gasteiger partial charge in [-0.25, -0.2) is 62.8 Å². The normalized spacial score (nSPS) is 16.6. The maximum atomic E-state index is 13.9. The number of quaternary nitrogens is 2. The fourth-order valence-electron chi connectivity index (χ4n) is 9.42. The molecule has 4 aromatic carbocycles. The summed E-state index contributed by atoms with van der Waals surface area (Å²) in [6, 6.07) is 9.02. The van der Waals surface area contributed by atoms with E-state index in [2.05, 4.69) is 57.4 Å². The summed E-state index contributed by atoms with van der Waals surface area (Å²) >= 11 is 16.6. The minimum atomic E-state index is -5.85. The van der Waals surface area contributed by atoms with E-state index in [1.165, 1.54) is 18.2 Å². The Morgan fingerprint density at radius 2 is 0.867 bits per heavy atom. The summed E-state index contributed by atoms with van der Waals surface area (Å²) in [5, 5.41) is 4.52. The number of carbonyl (C=O) groups is 6. The Kier molecular flexibility index (Phi) is 43.4. The van der Waals surface area contributed by atoms with Crippen LogP contribution >= 0.6 is 203 Å². The van der Waals surface area contributed by atoms with Gasteiger partial charge in [-0.1, -0.05) is 32.6 Å². The number of rotatable bonds is 19. The zero-order valence-corrected chi connectivity index (χ0v) is 82.0. The lowest BCUT2D eigenvalue weighted by molar-refractivity contribution is -0.728. The van der Waals surface area contributed by atoms with Crippen molar-refractivity contribution in [1.29, 1.82) is 0 Å². The van der Waals surface area contributed by atoms with Crippen LogP contribution in [0.2, 0.25) is 0 Å². The highest BCUT2D eigenvalue weighted by molar-refractivity contribution is 14.1. The Bertz CT molecular complexity index is 4480. The van der Waals surface area contributed by atoms with Gasteiger partial charge < -0.3 is 52.7 Å². The predicted octanol–water partition coefficient (Wildman–Crippen LogP) is 14.1. The molecule has 0 radical (unpaired) electrons. The first-order valence-corrected chi connectivity index (χ1v) is 46.3. The van der Waals surface area contributed by atoms with Crippen molar-refractivity contribution < 1.29 is 151 Å². The monoisotopic (exact) mass is 2680 g/mol. The minimum Gasteiger partial charge on any atom is -0.748 e. The number of hydrogen-bond acceptors (Lipinski definition) is 21. The van der Waals surface area contributed by atoms with E-state index < -0.39 is 124 Å². The molecular weight excluding hydrogens is 2610 g/mol. The van der Waals surface area contributed by atoms with Crippen LogP contribution in [-0.2, 0) is 68.4 Å². The van der Waals surface area contributed by atoms with E-state index in [4.69, 9.17) is 20.6 Å². The van der Waals surface area contributed by atoms with Gasteiger partial charge in [0.15, 0.2) is 17.2 Å². The van der Waals surface area contributed by atoms with Crippen LogP contribution in [0.15, 0.2) is 77.7 Å². The van der Waals surface area contributed by atoms with Crippen LogP contribution in [0.1, 0.15) is 125 Å².